The van der Waals surface area contributed by atoms with Crippen molar-refractivity contribution in [1.29, 1.82) is 0 Å². The highest BCUT2D eigenvalue weighted by Gasteiger charge is 2.37. The number of carbonyl (C=O) groups excluding carboxylic acids is 1. The highest BCUT2D eigenvalue weighted by Crippen LogP contribution is 2.46. The van der Waals surface area contributed by atoms with E-state index in [9.17, 15) is 4.79 Å². The van der Waals surface area contributed by atoms with E-state index in [1.54, 1.807) is 6.08 Å². The molecule has 0 amide bonds. The standard InChI is InChI=1S/C15H17NO/c1-15(2)12-8-4-5-9-13(12)16(3)14(15)10-6-7-11-17/h4-11H,1-3H3. The van der Waals surface area contributed by atoms with Crippen LogP contribution in [0, 0.1) is 0 Å². The van der Waals surface area contributed by atoms with Crippen molar-refractivity contribution >= 4 is 12.0 Å². The van der Waals surface area contributed by atoms with Crippen LogP contribution in [-0.4, -0.2) is 13.3 Å². The first kappa shape index (κ1) is 11.6. The average molecular weight is 227 g/mol. The van der Waals surface area contributed by atoms with Crippen LogP contribution in [0.3, 0.4) is 0 Å². The van der Waals surface area contributed by atoms with Gasteiger partial charge in [0.15, 0.2) is 0 Å². The summed E-state index contributed by atoms with van der Waals surface area (Å²) < 4.78 is 0. The van der Waals surface area contributed by atoms with E-state index < -0.39 is 0 Å². The Bertz CT molecular complexity index is 497. The topological polar surface area (TPSA) is 20.3 Å². The number of hydrogen-bond donors (Lipinski definition) is 0. The molecule has 0 unspecified atom stereocenters. The molecule has 0 aromatic heterocycles. The highest BCUT2D eigenvalue weighted by atomic mass is 16.1. The number of para-hydroxylation sites is 1. The van der Waals surface area contributed by atoms with Crippen molar-refractivity contribution in [2.45, 2.75) is 19.3 Å². The zero-order valence-corrected chi connectivity index (χ0v) is 10.5. The predicted octanol–water partition coefficient (Wildman–Crippen LogP) is 3.05. The lowest BCUT2D eigenvalue weighted by Gasteiger charge is -2.23. The van der Waals surface area contributed by atoms with E-state index in [2.05, 4.69) is 50.1 Å². The number of anilines is 1. The Labute approximate surface area is 102 Å². The molecule has 1 aliphatic heterocycles. The summed E-state index contributed by atoms with van der Waals surface area (Å²) in [6.07, 6.45) is 6.12. The van der Waals surface area contributed by atoms with Gasteiger partial charge >= 0.3 is 0 Å². The van der Waals surface area contributed by atoms with E-state index in [1.807, 2.05) is 6.08 Å². The Balaban J connectivity index is 2.50. The van der Waals surface area contributed by atoms with Gasteiger partial charge in [0.05, 0.1) is 0 Å². The minimum Gasteiger partial charge on any atom is -0.347 e. The van der Waals surface area contributed by atoms with Crippen LogP contribution in [0.25, 0.3) is 0 Å². The zero-order chi connectivity index (χ0) is 12.5. The van der Waals surface area contributed by atoms with Crippen molar-refractivity contribution in [1.82, 2.24) is 0 Å². The van der Waals surface area contributed by atoms with Crippen LogP contribution in [0.5, 0.6) is 0 Å². The lowest BCUT2D eigenvalue weighted by molar-refractivity contribution is -0.104. The number of likely N-dealkylation sites (N-methyl/N-ethyl adjacent to an activating group) is 1. The predicted molar refractivity (Wildman–Crippen MR) is 71.2 cm³/mol. The first-order chi connectivity index (χ1) is 8.09. The fraction of sp³-hybridized carbons (Fsp3) is 0.267. The molecule has 0 saturated heterocycles. The second-order valence-electron chi connectivity index (χ2n) is 4.77. The molecule has 17 heavy (non-hydrogen) atoms. The summed E-state index contributed by atoms with van der Waals surface area (Å²) in [6.45, 7) is 4.41. The summed E-state index contributed by atoms with van der Waals surface area (Å²) in [5, 5.41) is 0. The van der Waals surface area contributed by atoms with E-state index in [0.29, 0.717) is 0 Å². The fourth-order valence-electron chi connectivity index (χ4n) is 2.49. The number of carbonyl (C=O) groups is 1. The van der Waals surface area contributed by atoms with Crippen LogP contribution in [-0.2, 0) is 10.2 Å². The molecule has 0 atom stereocenters. The Hall–Kier alpha value is -1.83. The van der Waals surface area contributed by atoms with Crippen molar-refractivity contribution in [3.05, 3.63) is 53.8 Å². The van der Waals surface area contributed by atoms with Crippen LogP contribution in [0.1, 0.15) is 19.4 Å². The Morgan fingerprint density at radius 1 is 1.18 bits per heavy atom. The molecular weight excluding hydrogens is 210 g/mol. The number of hydrogen-bond acceptors (Lipinski definition) is 2. The molecule has 0 bridgehead atoms. The third-order valence-electron chi connectivity index (χ3n) is 3.38. The molecule has 0 spiro atoms. The minimum absolute atomic E-state index is 0.0153. The molecule has 2 rings (SSSR count). The van der Waals surface area contributed by atoms with Gasteiger partial charge in [-0.1, -0.05) is 38.1 Å². The van der Waals surface area contributed by atoms with Crippen molar-refractivity contribution in [3.63, 3.8) is 0 Å². The number of benzene rings is 1. The van der Waals surface area contributed by atoms with Crippen molar-refractivity contribution < 1.29 is 4.79 Å². The summed E-state index contributed by atoms with van der Waals surface area (Å²) in [5.74, 6) is 0. The van der Waals surface area contributed by atoms with Gasteiger partial charge < -0.3 is 4.90 Å². The van der Waals surface area contributed by atoms with Crippen LogP contribution < -0.4 is 4.90 Å². The van der Waals surface area contributed by atoms with Gasteiger partial charge in [-0.2, -0.15) is 0 Å². The van der Waals surface area contributed by atoms with E-state index in [1.165, 1.54) is 23.0 Å². The molecule has 1 aromatic rings. The molecule has 1 heterocycles. The van der Waals surface area contributed by atoms with Gasteiger partial charge in [-0.25, -0.2) is 0 Å². The minimum atomic E-state index is -0.0153. The Morgan fingerprint density at radius 2 is 1.88 bits per heavy atom. The van der Waals surface area contributed by atoms with Crippen LogP contribution in [0.4, 0.5) is 5.69 Å². The molecule has 0 radical (unpaired) electrons. The molecule has 0 saturated carbocycles. The number of fused-ring (bicyclic) bond motifs is 1. The summed E-state index contributed by atoms with van der Waals surface area (Å²) in [5.41, 5.74) is 3.76. The second-order valence-corrected chi connectivity index (χ2v) is 4.77. The maximum atomic E-state index is 10.3. The average Bonchev–Trinajstić information content (AvgIpc) is 2.51. The SMILES string of the molecule is CN1C(=CC=CC=O)C(C)(C)c2ccccc21. The first-order valence-corrected chi connectivity index (χ1v) is 5.75. The molecule has 2 heteroatoms. The Kier molecular flexibility index (Phi) is 2.88. The number of allylic oxidation sites excluding steroid dienone is 4. The molecule has 0 aliphatic carbocycles. The number of rotatable bonds is 2. The second kappa shape index (κ2) is 4.21. The normalized spacial score (nSPS) is 19.9. The van der Waals surface area contributed by atoms with Gasteiger partial charge in [0.25, 0.3) is 0 Å². The van der Waals surface area contributed by atoms with Gasteiger partial charge in [-0.15, -0.1) is 0 Å². The lowest BCUT2D eigenvalue weighted by Crippen LogP contribution is -2.22. The molecule has 0 N–H and O–H groups in total. The molecule has 0 fully saturated rings. The molecule has 2 nitrogen and oxygen atoms in total. The summed E-state index contributed by atoms with van der Waals surface area (Å²) in [6, 6.07) is 8.41. The molecule has 1 aromatic carbocycles. The van der Waals surface area contributed by atoms with E-state index in [-0.39, 0.29) is 5.41 Å². The van der Waals surface area contributed by atoms with E-state index in [4.69, 9.17) is 0 Å². The molecular formula is C15H17NO. The van der Waals surface area contributed by atoms with E-state index >= 15 is 0 Å². The van der Waals surface area contributed by atoms with Crippen molar-refractivity contribution in [2.24, 2.45) is 0 Å². The van der Waals surface area contributed by atoms with Crippen LogP contribution in [0.2, 0.25) is 0 Å². The molecule has 88 valence electrons. The van der Waals surface area contributed by atoms with Gasteiger partial charge in [0.2, 0.25) is 0 Å². The third kappa shape index (κ3) is 1.80. The smallest absolute Gasteiger partial charge is 0.142 e. The molecule has 1 aliphatic rings. The number of aldehydes is 1. The van der Waals surface area contributed by atoms with E-state index in [0.717, 1.165) is 6.29 Å². The maximum absolute atomic E-state index is 10.3. The Morgan fingerprint density at radius 3 is 2.53 bits per heavy atom. The third-order valence-corrected chi connectivity index (χ3v) is 3.38. The van der Waals surface area contributed by atoms with Gasteiger partial charge in [-0.3, -0.25) is 4.79 Å². The largest absolute Gasteiger partial charge is 0.347 e. The van der Waals surface area contributed by atoms with Crippen molar-refractivity contribution in [2.75, 3.05) is 11.9 Å². The van der Waals surface area contributed by atoms with Gasteiger partial charge in [-0.05, 0) is 23.8 Å². The van der Waals surface area contributed by atoms with Crippen LogP contribution >= 0.6 is 0 Å². The van der Waals surface area contributed by atoms with Crippen molar-refractivity contribution in [3.8, 4) is 0 Å². The summed E-state index contributed by atoms with van der Waals surface area (Å²) >= 11 is 0. The van der Waals surface area contributed by atoms with Gasteiger partial charge in [0.1, 0.15) is 6.29 Å². The first-order valence-electron chi connectivity index (χ1n) is 5.75. The monoisotopic (exact) mass is 227 g/mol. The quantitative estimate of drug-likeness (QED) is 0.571. The highest BCUT2D eigenvalue weighted by molar-refractivity contribution is 5.71. The van der Waals surface area contributed by atoms with Crippen LogP contribution in [0.15, 0.2) is 48.2 Å². The van der Waals surface area contributed by atoms with Gasteiger partial charge in [0, 0.05) is 23.8 Å². The number of nitrogens with zero attached hydrogens (tertiary/aromatic N) is 1. The fourth-order valence-corrected chi connectivity index (χ4v) is 2.49. The lowest BCUT2D eigenvalue weighted by atomic mass is 9.84. The zero-order valence-electron chi connectivity index (χ0n) is 10.5. The summed E-state index contributed by atoms with van der Waals surface area (Å²) in [7, 11) is 2.06. The maximum Gasteiger partial charge on any atom is 0.142 e. The summed E-state index contributed by atoms with van der Waals surface area (Å²) in [4.78, 5) is 12.5.